The largest absolute Gasteiger partial charge is 0.398 e. The standard InChI is InChI=1S/C20H27N3O3S/c1-22(27(25,26)15-17-9-5-6-10-19(17)21)20(16-7-3-2-4-8-16)14-23-12-11-18(24)13-23/h2-10,18,20,24H,11-15,21H2,1H3. The number of aliphatic hydroxyl groups excluding tert-OH is 1. The maximum Gasteiger partial charge on any atom is 0.218 e. The highest BCUT2D eigenvalue weighted by molar-refractivity contribution is 7.88. The second kappa shape index (κ2) is 8.39. The molecular weight excluding hydrogens is 362 g/mol. The normalized spacial score (nSPS) is 19.4. The van der Waals surface area contributed by atoms with Crippen LogP contribution in [0.1, 0.15) is 23.6 Å². The van der Waals surface area contributed by atoms with Gasteiger partial charge in [-0.15, -0.1) is 0 Å². The van der Waals surface area contributed by atoms with Crippen molar-refractivity contribution in [2.24, 2.45) is 0 Å². The van der Waals surface area contributed by atoms with Crippen LogP contribution in [0.4, 0.5) is 5.69 Å². The van der Waals surface area contributed by atoms with E-state index in [-0.39, 0.29) is 17.9 Å². The summed E-state index contributed by atoms with van der Waals surface area (Å²) in [5, 5.41) is 9.82. The van der Waals surface area contributed by atoms with Crippen LogP contribution in [-0.2, 0) is 15.8 Å². The minimum absolute atomic E-state index is 0.137. The molecule has 3 rings (SSSR count). The van der Waals surface area contributed by atoms with Crippen molar-refractivity contribution in [2.75, 3.05) is 32.4 Å². The molecule has 0 amide bonds. The fourth-order valence-corrected chi connectivity index (χ4v) is 4.92. The number of hydrogen-bond acceptors (Lipinski definition) is 5. The summed E-state index contributed by atoms with van der Waals surface area (Å²) in [6.45, 7) is 1.88. The van der Waals surface area contributed by atoms with Gasteiger partial charge in [-0.1, -0.05) is 48.5 Å². The van der Waals surface area contributed by atoms with Gasteiger partial charge in [-0.05, 0) is 23.6 Å². The second-order valence-electron chi connectivity index (χ2n) is 7.10. The number of nitrogen functional groups attached to an aromatic ring is 1. The van der Waals surface area contributed by atoms with Crippen molar-refractivity contribution in [2.45, 2.75) is 24.3 Å². The van der Waals surface area contributed by atoms with E-state index in [1.807, 2.05) is 30.3 Å². The Morgan fingerprint density at radius 3 is 2.48 bits per heavy atom. The zero-order valence-electron chi connectivity index (χ0n) is 15.5. The third-order valence-electron chi connectivity index (χ3n) is 5.13. The fraction of sp³-hybridized carbons (Fsp3) is 0.400. The molecule has 7 heteroatoms. The zero-order chi connectivity index (χ0) is 19.4. The summed E-state index contributed by atoms with van der Waals surface area (Å²) < 4.78 is 27.7. The summed E-state index contributed by atoms with van der Waals surface area (Å²) in [7, 11) is -1.95. The Morgan fingerprint density at radius 2 is 1.85 bits per heavy atom. The molecule has 0 spiro atoms. The van der Waals surface area contributed by atoms with E-state index in [1.165, 1.54) is 4.31 Å². The van der Waals surface area contributed by atoms with Gasteiger partial charge in [0.25, 0.3) is 0 Å². The Morgan fingerprint density at radius 1 is 1.19 bits per heavy atom. The predicted molar refractivity (Wildman–Crippen MR) is 107 cm³/mol. The fourth-order valence-electron chi connectivity index (χ4n) is 3.49. The molecule has 1 saturated heterocycles. The van der Waals surface area contributed by atoms with Crippen LogP contribution in [0.2, 0.25) is 0 Å². The third-order valence-corrected chi connectivity index (χ3v) is 6.94. The highest BCUT2D eigenvalue weighted by Crippen LogP contribution is 2.27. The Kier molecular flexibility index (Phi) is 6.16. The Balaban J connectivity index is 1.85. The van der Waals surface area contributed by atoms with E-state index in [4.69, 9.17) is 5.73 Å². The maximum atomic E-state index is 13.1. The summed E-state index contributed by atoms with van der Waals surface area (Å²) >= 11 is 0. The van der Waals surface area contributed by atoms with Crippen LogP contribution in [0.3, 0.4) is 0 Å². The lowest BCUT2D eigenvalue weighted by Crippen LogP contribution is -2.39. The molecule has 2 unspecified atom stereocenters. The van der Waals surface area contributed by atoms with Crippen molar-refractivity contribution >= 4 is 15.7 Å². The van der Waals surface area contributed by atoms with Gasteiger partial charge >= 0.3 is 0 Å². The third kappa shape index (κ3) is 4.87. The first kappa shape index (κ1) is 19.8. The van der Waals surface area contributed by atoms with E-state index < -0.39 is 10.0 Å². The summed E-state index contributed by atoms with van der Waals surface area (Å²) in [5.41, 5.74) is 7.96. The van der Waals surface area contributed by atoms with Gasteiger partial charge in [0.05, 0.1) is 17.9 Å². The molecule has 0 aromatic heterocycles. The first-order chi connectivity index (χ1) is 12.9. The molecule has 1 fully saturated rings. The van der Waals surface area contributed by atoms with Gasteiger partial charge in [0.15, 0.2) is 0 Å². The molecule has 2 aromatic carbocycles. The molecule has 0 aliphatic carbocycles. The lowest BCUT2D eigenvalue weighted by Gasteiger charge is -2.31. The van der Waals surface area contributed by atoms with E-state index in [0.717, 1.165) is 18.5 Å². The summed E-state index contributed by atoms with van der Waals surface area (Å²) in [4.78, 5) is 2.12. The Hall–Kier alpha value is -1.93. The SMILES string of the molecule is CN(C(CN1CCC(O)C1)c1ccccc1)S(=O)(=O)Cc1ccccc1N. The number of likely N-dealkylation sites (N-methyl/N-ethyl adjacent to an activating group) is 1. The number of nitrogens with zero attached hydrogens (tertiary/aromatic N) is 2. The van der Waals surface area contributed by atoms with Crippen molar-refractivity contribution in [3.05, 3.63) is 65.7 Å². The molecule has 6 nitrogen and oxygen atoms in total. The van der Waals surface area contributed by atoms with Crippen molar-refractivity contribution in [1.82, 2.24) is 9.21 Å². The first-order valence-corrected chi connectivity index (χ1v) is 10.7. The molecule has 27 heavy (non-hydrogen) atoms. The highest BCUT2D eigenvalue weighted by atomic mass is 32.2. The Bertz CT molecular complexity index is 858. The molecule has 1 aliphatic heterocycles. The molecule has 2 atom stereocenters. The number of rotatable bonds is 7. The lowest BCUT2D eigenvalue weighted by molar-refractivity contribution is 0.167. The molecule has 1 aliphatic rings. The van der Waals surface area contributed by atoms with Crippen LogP contribution in [0.25, 0.3) is 0 Å². The number of sulfonamides is 1. The number of nitrogens with two attached hydrogens (primary N) is 1. The summed E-state index contributed by atoms with van der Waals surface area (Å²) in [6, 6.07) is 16.3. The van der Waals surface area contributed by atoms with E-state index in [0.29, 0.717) is 24.3 Å². The van der Waals surface area contributed by atoms with Crippen LogP contribution in [0.5, 0.6) is 0 Å². The smallest absolute Gasteiger partial charge is 0.218 e. The van der Waals surface area contributed by atoms with Crippen molar-refractivity contribution < 1.29 is 13.5 Å². The highest BCUT2D eigenvalue weighted by Gasteiger charge is 2.31. The number of hydrogen-bond donors (Lipinski definition) is 2. The number of para-hydroxylation sites is 1. The van der Waals surface area contributed by atoms with Crippen LogP contribution >= 0.6 is 0 Å². The number of anilines is 1. The van der Waals surface area contributed by atoms with Crippen molar-refractivity contribution in [3.8, 4) is 0 Å². The minimum Gasteiger partial charge on any atom is -0.398 e. The van der Waals surface area contributed by atoms with Crippen LogP contribution in [0.15, 0.2) is 54.6 Å². The molecule has 0 bridgehead atoms. The van der Waals surface area contributed by atoms with Gasteiger partial charge in [0.1, 0.15) is 0 Å². The molecule has 2 aromatic rings. The van der Waals surface area contributed by atoms with Gasteiger partial charge < -0.3 is 10.8 Å². The first-order valence-electron chi connectivity index (χ1n) is 9.11. The van der Waals surface area contributed by atoms with Crippen molar-refractivity contribution in [3.63, 3.8) is 0 Å². The minimum atomic E-state index is -3.57. The molecular formula is C20H27N3O3S. The second-order valence-corrected chi connectivity index (χ2v) is 9.13. The van der Waals surface area contributed by atoms with Gasteiger partial charge in [0, 0.05) is 32.4 Å². The monoisotopic (exact) mass is 389 g/mol. The van der Waals surface area contributed by atoms with E-state index in [1.54, 1.807) is 31.3 Å². The van der Waals surface area contributed by atoms with E-state index in [9.17, 15) is 13.5 Å². The van der Waals surface area contributed by atoms with Crippen LogP contribution in [0, 0.1) is 0 Å². The molecule has 0 radical (unpaired) electrons. The summed E-state index contributed by atoms with van der Waals surface area (Å²) in [6.07, 6.45) is 0.380. The number of aliphatic hydroxyl groups is 1. The summed E-state index contributed by atoms with van der Waals surface area (Å²) in [5.74, 6) is -0.137. The lowest BCUT2D eigenvalue weighted by atomic mass is 10.1. The van der Waals surface area contributed by atoms with Gasteiger partial charge in [-0.25, -0.2) is 8.42 Å². The van der Waals surface area contributed by atoms with Crippen LogP contribution < -0.4 is 5.73 Å². The van der Waals surface area contributed by atoms with Gasteiger partial charge in [-0.2, -0.15) is 4.31 Å². The zero-order valence-corrected chi connectivity index (χ0v) is 16.3. The van der Waals surface area contributed by atoms with Crippen molar-refractivity contribution in [1.29, 1.82) is 0 Å². The van der Waals surface area contributed by atoms with Gasteiger partial charge in [-0.3, -0.25) is 4.90 Å². The molecule has 0 saturated carbocycles. The average molecular weight is 390 g/mol. The quantitative estimate of drug-likeness (QED) is 0.706. The number of likely N-dealkylation sites (tertiary alicyclic amines) is 1. The Labute approximate surface area is 161 Å². The van der Waals surface area contributed by atoms with E-state index >= 15 is 0 Å². The van der Waals surface area contributed by atoms with Gasteiger partial charge in [0.2, 0.25) is 10.0 Å². The number of benzene rings is 2. The van der Waals surface area contributed by atoms with Crippen LogP contribution in [-0.4, -0.2) is 55.5 Å². The average Bonchev–Trinajstić information content (AvgIpc) is 3.06. The molecule has 3 N–H and O–H groups in total. The maximum absolute atomic E-state index is 13.1. The number of β-amino-alcohol motifs (C(OH)–C–C–N with tert-alkyl or cyclic N) is 1. The molecule has 146 valence electrons. The molecule has 1 heterocycles. The topological polar surface area (TPSA) is 86.9 Å². The van der Waals surface area contributed by atoms with E-state index in [2.05, 4.69) is 4.90 Å². The predicted octanol–water partition coefficient (Wildman–Crippen LogP) is 1.84.